The van der Waals surface area contributed by atoms with Crippen molar-refractivity contribution < 1.29 is 9.53 Å². The molecule has 9 heteroatoms. The Bertz CT molecular complexity index is 1580. The molecular weight excluding hydrogens is 548 g/mol. The van der Waals surface area contributed by atoms with Crippen LogP contribution in [0.1, 0.15) is 47.8 Å². The number of hydrogen-bond acceptors (Lipinski definition) is 6. The average molecular weight is 585 g/mol. The number of carbonyl (C=O) groups is 1. The smallest absolute Gasteiger partial charge is 0.272 e. The number of aromatic nitrogens is 4. The van der Waals surface area contributed by atoms with Gasteiger partial charge in [0.1, 0.15) is 5.69 Å². The molecule has 1 atom stereocenters. The first-order valence-electron chi connectivity index (χ1n) is 14.7. The fourth-order valence-corrected chi connectivity index (χ4v) is 6.45. The minimum Gasteiger partial charge on any atom is -0.377 e. The average Bonchev–Trinajstić information content (AvgIpc) is 3.38. The van der Waals surface area contributed by atoms with E-state index in [4.69, 9.17) is 26.3 Å². The number of benzene rings is 1. The van der Waals surface area contributed by atoms with Gasteiger partial charge in [-0.1, -0.05) is 48.0 Å². The van der Waals surface area contributed by atoms with Gasteiger partial charge in [0.05, 0.1) is 41.0 Å². The number of amides is 1. The van der Waals surface area contributed by atoms with Crippen LogP contribution in [0, 0.1) is 11.8 Å². The molecule has 4 heterocycles. The van der Waals surface area contributed by atoms with Crippen LogP contribution in [-0.4, -0.2) is 64.2 Å². The van der Waals surface area contributed by atoms with Crippen LogP contribution in [-0.2, 0) is 11.3 Å². The molecule has 4 aromatic rings. The van der Waals surface area contributed by atoms with Crippen molar-refractivity contribution in [1.29, 1.82) is 0 Å². The van der Waals surface area contributed by atoms with Gasteiger partial charge in [0.15, 0.2) is 0 Å². The number of hydrogen-bond donors (Lipinski definition) is 0. The normalized spacial score (nSPS) is 20.9. The molecule has 1 saturated heterocycles. The van der Waals surface area contributed by atoms with Crippen LogP contribution in [0.5, 0.6) is 0 Å². The van der Waals surface area contributed by atoms with Gasteiger partial charge in [-0.3, -0.25) is 9.78 Å². The van der Waals surface area contributed by atoms with Crippen molar-refractivity contribution in [3.8, 4) is 11.3 Å². The number of pyridine rings is 2. The minimum atomic E-state index is -0.180. The third kappa shape index (κ3) is 5.65. The van der Waals surface area contributed by atoms with Gasteiger partial charge in [0.2, 0.25) is 5.95 Å². The summed E-state index contributed by atoms with van der Waals surface area (Å²) in [6, 6.07) is 14.2. The second-order valence-electron chi connectivity index (χ2n) is 11.5. The molecule has 1 saturated carbocycles. The molecule has 218 valence electrons. The summed E-state index contributed by atoms with van der Waals surface area (Å²) in [6.07, 6.45) is 10.0. The number of fused-ring (bicyclic) bond motifs is 1. The molecule has 0 bridgehead atoms. The monoisotopic (exact) mass is 584 g/mol. The van der Waals surface area contributed by atoms with E-state index in [-0.39, 0.29) is 11.9 Å². The van der Waals surface area contributed by atoms with E-state index >= 15 is 0 Å². The van der Waals surface area contributed by atoms with Crippen LogP contribution >= 0.6 is 11.6 Å². The lowest BCUT2D eigenvalue weighted by Gasteiger charge is -2.37. The lowest BCUT2D eigenvalue weighted by Crippen LogP contribution is -2.41. The van der Waals surface area contributed by atoms with Crippen LogP contribution in [0.3, 0.4) is 0 Å². The van der Waals surface area contributed by atoms with E-state index in [9.17, 15) is 4.79 Å². The van der Waals surface area contributed by atoms with Crippen molar-refractivity contribution in [2.75, 3.05) is 38.8 Å². The van der Waals surface area contributed by atoms with E-state index < -0.39 is 0 Å². The summed E-state index contributed by atoms with van der Waals surface area (Å²) in [4.78, 5) is 31.7. The molecule has 2 fully saturated rings. The molecule has 1 aromatic carbocycles. The van der Waals surface area contributed by atoms with E-state index in [0.717, 1.165) is 54.8 Å². The van der Waals surface area contributed by atoms with Gasteiger partial charge < -0.3 is 19.1 Å². The third-order valence-corrected chi connectivity index (χ3v) is 8.75. The van der Waals surface area contributed by atoms with E-state index in [1.165, 1.54) is 10.5 Å². The zero-order valence-electron chi connectivity index (χ0n) is 24.2. The van der Waals surface area contributed by atoms with E-state index in [0.29, 0.717) is 48.0 Å². The summed E-state index contributed by atoms with van der Waals surface area (Å²) >= 11 is 6.42. The summed E-state index contributed by atoms with van der Waals surface area (Å²) in [5.41, 5.74) is 4.57. The highest BCUT2D eigenvalue weighted by Crippen LogP contribution is 2.39. The number of nitrogens with zero attached hydrogens (tertiary/aromatic N) is 6. The SMILES string of the molecule is C=CC1CCC(Cn2c(N3CCOC[C@H]3c3ccccc3)nc3cc(C(=O)N(C)C)nc(-c4cncc(Cl)c4)c32)CC1. The fourth-order valence-electron chi connectivity index (χ4n) is 6.28. The second kappa shape index (κ2) is 12.2. The maximum Gasteiger partial charge on any atom is 0.272 e. The number of ether oxygens (including phenoxy) is 1. The fraction of sp³-hybridized carbons (Fsp3) is 0.394. The molecule has 1 amide bonds. The largest absolute Gasteiger partial charge is 0.377 e. The summed E-state index contributed by atoms with van der Waals surface area (Å²) in [6.45, 7) is 6.74. The predicted octanol–water partition coefficient (Wildman–Crippen LogP) is 6.42. The van der Waals surface area contributed by atoms with E-state index in [1.807, 2.05) is 18.2 Å². The summed E-state index contributed by atoms with van der Waals surface area (Å²) in [7, 11) is 3.47. The number of rotatable bonds is 7. The standard InChI is InChI=1S/C33H37ClN6O2/c1-4-22-10-12-23(13-11-22)20-40-31-27(37-33(40)39-14-15-42-21-29(39)24-8-6-5-7-9-24)17-28(32(41)38(2)3)36-30(31)25-16-26(34)19-35-18-25/h4-9,16-19,22-23,29H,1,10-15,20-21H2,2-3H3/t22?,23?,29-/m0/s1. The molecule has 3 aromatic heterocycles. The van der Waals surface area contributed by atoms with E-state index in [1.54, 1.807) is 26.5 Å². The highest BCUT2D eigenvalue weighted by molar-refractivity contribution is 6.30. The van der Waals surface area contributed by atoms with Crippen molar-refractivity contribution in [3.63, 3.8) is 0 Å². The lowest BCUT2D eigenvalue weighted by atomic mass is 9.82. The Balaban J connectivity index is 1.56. The first kappa shape index (κ1) is 28.4. The first-order chi connectivity index (χ1) is 20.4. The van der Waals surface area contributed by atoms with Crippen LogP contribution in [0.25, 0.3) is 22.3 Å². The molecular formula is C33H37ClN6O2. The molecule has 1 aliphatic heterocycles. The molecule has 0 N–H and O–H groups in total. The van der Waals surface area contributed by atoms with Crippen molar-refractivity contribution in [2.24, 2.45) is 11.8 Å². The van der Waals surface area contributed by atoms with Crippen molar-refractivity contribution in [1.82, 2.24) is 24.4 Å². The van der Waals surface area contributed by atoms with Crippen LogP contribution in [0.4, 0.5) is 5.95 Å². The Kier molecular flexibility index (Phi) is 8.27. The molecule has 0 radical (unpaired) electrons. The Hall–Kier alpha value is -3.75. The lowest BCUT2D eigenvalue weighted by molar-refractivity contribution is 0.0822. The second-order valence-corrected chi connectivity index (χ2v) is 12.0. The number of imidazole rings is 1. The highest BCUT2D eigenvalue weighted by atomic mass is 35.5. The Morgan fingerprint density at radius 3 is 2.62 bits per heavy atom. The third-order valence-electron chi connectivity index (χ3n) is 8.54. The number of anilines is 1. The molecule has 1 aliphatic carbocycles. The van der Waals surface area contributed by atoms with Gasteiger partial charge in [-0.15, -0.1) is 6.58 Å². The number of morpholine rings is 1. The Morgan fingerprint density at radius 1 is 1.12 bits per heavy atom. The Labute approximate surface area is 252 Å². The topological polar surface area (TPSA) is 76.4 Å². The maximum atomic E-state index is 13.2. The number of allylic oxidation sites excluding steroid dienone is 1. The quantitative estimate of drug-likeness (QED) is 0.233. The van der Waals surface area contributed by atoms with Gasteiger partial charge in [-0.25, -0.2) is 9.97 Å². The van der Waals surface area contributed by atoms with Gasteiger partial charge in [0.25, 0.3) is 5.91 Å². The Morgan fingerprint density at radius 2 is 1.90 bits per heavy atom. The van der Waals surface area contributed by atoms with Gasteiger partial charge in [0, 0.05) is 45.1 Å². The molecule has 2 aliphatic rings. The van der Waals surface area contributed by atoms with E-state index in [2.05, 4.69) is 51.4 Å². The van der Waals surface area contributed by atoms with Crippen LogP contribution < -0.4 is 4.90 Å². The van der Waals surface area contributed by atoms with Crippen molar-refractivity contribution in [3.05, 3.63) is 83.8 Å². The molecule has 8 nitrogen and oxygen atoms in total. The number of halogens is 1. The molecule has 42 heavy (non-hydrogen) atoms. The predicted molar refractivity (Wildman–Crippen MR) is 167 cm³/mol. The molecule has 0 unspecified atom stereocenters. The zero-order valence-corrected chi connectivity index (χ0v) is 25.0. The van der Waals surface area contributed by atoms with Crippen LogP contribution in [0.2, 0.25) is 5.02 Å². The van der Waals surface area contributed by atoms with Crippen molar-refractivity contribution in [2.45, 2.75) is 38.3 Å². The summed E-state index contributed by atoms with van der Waals surface area (Å²) in [5.74, 6) is 1.76. The van der Waals surface area contributed by atoms with Crippen molar-refractivity contribution >= 4 is 34.5 Å². The summed E-state index contributed by atoms with van der Waals surface area (Å²) in [5, 5.41) is 0.512. The maximum absolute atomic E-state index is 13.2. The van der Waals surface area contributed by atoms with Gasteiger partial charge in [-0.05, 0) is 55.2 Å². The molecule has 0 spiro atoms. The van der Waals surface area contributed by atoms with Gasteiger partial charge in [-0.2, -0.15) is 0 Å². The highest BCUT2D eigenvalue weighted by Gasteiger charge is 2.32. The first-order valence-corrected chi connectivity index (χ1v) is 15.1. The zero-order chi connectivity index (χ0) is 29.2. The minimum absolute atomic E-state index is 0.0131. The number of carbonyl (C=O) groups excluding carboxylic acids is 1. The summed E-state index contributed by atoms with van der Waals surface area (Å²) < 4.78 is 8.32. The van der Waals surface area contributed by atoms with Gasteiger partial charge >= 0.3 is 0 Å². The van der Waals surface area contributed by atoms with Crippen LogP contribution in [0.15, 0.2) is 67.5 Å². The molecule has 6 rings (SSSR count).